The Morgan fingerprint density at radius 1 is 1.15 bits per heavy atom. The van der Waals surface area contributed by atoms with E-state index in [9.17, 15) is 10.1 Å². The van der Waals surface area contributed by atoms with Crippen LogP contribution in [-0.4, -0.2) is 29.7 Å². The Hall–Kier alpha value is -2.44. The van der Waals surface area contributed by atoms with E-state index in [0.29, 0.717) is 19.1 Å². The summed E-state index contributed by atoms with van der Waals surface area (Å²) >= 11 is 0. The quantitative estimate of drug-likeness (QED) is 0.591. The van der Waals surface area contributed by atoms with Crippen LogP contribution in [0.4, 0.5) is 5.69 Å². The molecule has 27 heavy (non-hydrogen) atoms. The molecule has 1 saturated heterocycles. The van der Waals surface area contributed by atoms with Crippen LogP contribution in [0.1, 0.15) is 29.5 Å². The molecule has 6 nitrogen and oxygen atoms in total. The fraction of sp³-hybridized carbons (Fsp3) is 0.429. The van der Waals surface area contributed by atoms with E-state index >= 15 is 0 Å². The molecule has 4 rings (SSSR count). The lowest BCUT2D eigenvalue weighted by Crippen LogP contribution is -2.34. The van der Waals surface area contributed by atoms with Gasteiger partial charge in [-0.1, -0.05) is 30.3 Å². The average molecular weight is 368 g/mol. The zero-order valence-electron chi connectivity index (χ0n) is 15.3. The number of rotatable bonds is 5. The summed E-state index contributed by atoms with van der Waals surface area (Å²) in [4.78, 5) is 13.3. The molecule has 0 spiro atoms. The lowest BCUT2D eigenvalue weighted by Gasteiger charge is -2.33. The molecule has 2 aliphatic heterocycles. The Labute approximate surface area is 158 Å². The van der Waals surface area contributed by atoms with Gasteiger partial charge >= 0.3 is 0 Å². The second kappa shape index (κ2) is 8.06. The summed E-state index contributed by atoms with van der Waals surface area (Å²) in [5, 5.41) is 11.3. The van der Waals surface area contributed by atoms with Crippen LogP contribution in [-0.2, 0) is 24.3 Å². The summed E-state index contributed by atoms with van der Waals surface area (Å²) in [6.07, 6.45) is 3.42. The minimum atomic E-state index is -0.343. The number of nitro groups is 1. The number of fused-ring (bicyclic) bond motifs is 1. The molecular weight excluding hydrogens is 344 g/mol. The van der Waals surface area contributed by atoms with Gasteiger partial charge in [-0.25, -0.2) is 0 Å². The third kappa shape index (κ3) is 4.28. The van der Waals surface area contributed by atoms with Crippen molar-refractivity contribution in [2.45, 2.75) is 32.4 Å². The highest BCUT2D eigenvalue weighted by molar-refractivity contribution is 5.50. The van der Waals surface area contributed by atoms with E-state index in [1.165, 1.54) is 5.56 Å². The van der Waals surface area contributed by atoms with Crippen molar-refractivity contribution in [2.75, 3.05) is 19.9 Å². The van der Waals surface area contributed by atoms with Gasteiger partial charge in [0, 0.05) is 29.8 Å². The van der Waals surface area contributed by atoms with Crippen LogP contribution in [0, 0.1) is 16.0 Å². The molecule has 0 N–H and O–H groups in total. The molecule has 2 aliphatic rings. The summed E-state index contributed by atoms with van der Waals surface area (Å²) in [6.45, 7) is 3.26. The highest BCUT2D eigenvalue weighted by Crippen LogP contribution is 2.34. The molecule has 0 saturated carbocycles. The molecule has 1 fully saturated rings. The maximum atomic E-state index is 11.3. The standard InChI is InChI=1S/C21H24N2O4/c24-23(25)20-11-18(21-19(12-20)14-26-15-27-21)13-22-8-6-17(7-9-22)10-16-4-2-1-3-5-16/h1-5,11-12,17H,6-10,13-15H2. The van der Waals surface area contributed by atoms with Crippen molar-refractivity contribution in [1.29, 1.82) is 0 Å². The Bertz CT molecular complexity index is 801. The first-order valence-electron chi connectivity index (χ1n) is 9.46. The predicted octanol–water partition coefficient (Wildman–Crippen LogP) is 3.92. The van der Waals surface area contributed by atoms with Crippen molar-refractivity contribution in [2.24, 2.45) is 5.92 Å². The highest BCUT2D eigenvalue weighted by atomic mass is 16.7. The first-order chi connectivity index (χ1) is 13.2. The van der Waals surface area contributed by atoms with Crippen LogP contribution < -0.4 is 4.74 Å². The Morgan fingerprint density at radius 3 is 2.67 bits per heavy atom. The van der Waals surface area contributed by atoms with Crippen molar-refractivity contribution in [3.63, 3.8) is 0 Å². The second-order valence-electron chi connectivity index (χ2n) is 7.37. The molecule has 2 heterocycles. The van der Waals surface area contributed by atoms with Gasteiger partial charge in [-0.3, -0.25) is 15.0 Å². The number of benzene rings is 2. The van der Waals surface area contributed by atoms with Crippen LogP contribution in [0.25, 0.3) is 0 Å². The van der Waals surface area contributed by atoms with Crippen LogP contribution in [0.3, 0.4) is 0 Å². The van der Waals surface area contributed by atoms with Crippen molar-refractivity contribution in [3.8, 4) is 5.75 Å². The lowest BCUT2D eigenvalue weighted by atomic mass is 9.90. The fourth-order valence-electron chi connectivity index (χ4n) is 4.04. The van der Waals surface area contributed by atoms with Gasteiger partial charge in [0.15, 0.2) is 6.79 Å². The molecule has 6 heteroatoms. The minimum absolute atomic E-state index is 0.108. The van der Waals surface area contributed by atoms with E-state index in [-0.39, 0.29) is 17.4 Å². The number of likely N-dealkylation sites (tertiary alicyclic amines) is 1. The highest BCUT2D eigenvalue weighted by Gasteiger charge is 2.24. The van der Waals surface area contributed by atoms with Gasteiger partial charge in [0.1, 0.15) is 5.75 Å². The largest absolute Gasteiger partial charge is 0.467 e. The molecule has 2 aromatic rings. The summed E-state index contributed by atoms with van der Waals surface area (Å²) in [5.41, 5.74) is 3.17. The van der Waals surface area contributed by atoms with Crippen LogP contribution in [0.15, 0.2) is 42.5 Å². The maximum absolute atomic E-state index is 11.3. The van der Waals surface area contributed by atoms with Gasteiger partial charge in [-0.05, 0) is 43.8 Å². The van der Waals surface area contributed by atoms with E-state index in [1.807, 2.05) is 0 Å². The smallest absolute Gasteiger partial charge is 0.270 e. The molecule has 0 aliphatic carbocycles. The van der Waals surface area contributed by atoms with Gasteiger partial charge in [-0.15, -0.1) is 0 Å². The monoisotopic (exact) mass is 368 g/mol. The summed E-state index contributed by atoms with van der Waals surface area (Å²) in [5.74, 6) is 1.46. The summed E-state index contributed by atoms with van der Waals surface area (Å²) in [7, 11) is 0. The summed E-state index contributed by atoms with van der Waals surface area (Å²) < 4.78 is 10.9. The Kier molecular flexibility index (Phi) is 5.36. The number of ether oxygens (including phenoxy) is 2. The Morgan fingerprint density at radius 2 is 1.93 bits per heavy atom. The molecular formula is C21H24N2O4. The SMILES string of the molecule is O=[N+]([O-])c1cc2c(c(CN3CCC(Cc4ccccc4)CC3)c1)OCOC2. The molecule has 0 amide bonds. The second-order valence-corrected chi connectivity index (χ2v) is 7.37. The number of hydrogen-bond acceptors (Lipinski definition) is 5. The molecule has 2 aromatic carbocycles. The first kappa shape index (κ1) is 17.9. The number of piperidine rings is 1. The van der Waals surface area contributed by atoms with Crippen molar-refractivity contribution >= 4 is 5.69 Å². The minimum Gasteiger partial charge on any atom is -0.467 e. The first-order valence-corrected chi connectivity index (χ1v) is 9.46. The molecule has 0 bridgehead atoms. The number of hydrogen-bond donors (Lipinski definition) is 0. The normalized spacial score (nSPS) is 17.9. The van der Waals surface area contributed by atoms with Gasteiger partial charge in [-0.2, -0.15) is 0 Å². The van der Waals surface area contributed by atoms with Gasteiger partial charge in [0.05, 0.1) is 11.5 Å². The van der Waals surface area contributed by atoms with Crippen molar-refractivity contribution in [1.82, 2.24) is 4.90 Å². The van der Waals surface area contributed by atoms with Crippen LogP contribution in [0.2, 0.25) is 0 Å². The van der Waals surface area contributed by atoms with E-state index < -0.39 is 0 Å². The topological polar surface area (TPSA) is 64.8 Å². The molecule has 142 valence electrons. The van der Waals surface area contributed by atoms with E-state index in [4.69, 9.17) is 9.47 Å². The average Bonchev–Trinajstić information content (AvgIpc) is 2.70. The fourth-order valence-corrected chi connectivity index (χ4v) is 4.04. The third-order valence-electron chi connectivity index (χ3n) is 5.45. The molecule has 0 radical (unpaired) electrons. The Balaban J connectivity index is 1.41. The van der Waals surface area contributed by atoms with E-state index in [0.717, 1.165) is 49.2 Å². The number of non-ortho nitro benzene ring substituents is 1. The molecule has 0 aromatic heterocycles. The van der Waals surface area contributed by atoms with Crippen LogP contribution in [0.5, 0.6) is 5.75 Å². The molecule has 0 atom stereocenters. The zero-order valence-corrected chi connectivity index (χ0v) is 15.3. The van der Waals surface area contributed by atoms with Gasteiger partial charge in [0.2, 0.25) is 0 Å². The third-order valence-corrected chi connectivity index (χ3v) is 5.45. The van der Waals surface area contributed by atoms with Gasteiger partial charge in [0.25, 0.3) is 5.69 Å². The predicted molar refractivity (Wildman–Crippen MR) is 102 cm³/mol. The van der Waals surface area contributed by atoms with E-state index in [1.54, 1.807) is 12.1 Å². The van der Waals surface area contributed by atoms with Gasteiger partial charge < -0.3 is 9.47 Å². The maximum Gasteiger partial charge on any atom is 0.270 e. The van der Waals surface area contributed by atoms with Crippen molar-refractivity contribution in [3.05, 3.63) is 69.3 Å². The number of nitrogens with zero attached hydrogens (tertiary/aromatic N) is 2. The zero-order chi connectivity index (χ0) is 18.6. The summed E-state index contributed by atoms with van der Waals surface area (Å²) in [6, 6.07) is 13.9. The van der Waals surface area contributed by atoms with Crippen LogP contribution >= 0.6 is 0 Å². The number of nitro benzene ring substituents is 1. The molecule has 0 unspecified atom stereocenters. The van der Waals surface area contributed by atoms with E-state index in [2.05, 4.69) is 35.2 Å². The van der Waals surface area contributed by atoms with Crippen molar-refractivity contribution < 1.29 is 14.4 Å². The lowest BCUT2D eigenvalue weighted by molar-refractivity contribution is -0.385.